The van der Waals surface area contributed by atoms with E-state index in [1.54, 1.807) is 52.7 Å². The second-order valence-corrected chi connectivity index (χ2v) is 8.17. The first-order valence-corrected chi connectivity index (χ1v) is 11.0. The summed E-state index contributed by atoms with van der Waals surface area (Å²) in [4.78, 5) is 16.6. The zero-order valence-electron chi connectivity index (χ0n) is 20.3. The molecule has 4 heterocycles. The van der Waals surface area contributed by atoms with Crippen LogP contribution in [0, 0.1) is 11.5 Å². The van der Waals surface area contributed by atoms with Crippen molar-refractivity contribution in [2.75, 3.05) is 20.0 Å². The zero-order chi connectivity index (χ0) is 27.2. The Bertz CT molecular complexity index is 1830. The van der Waals surface area contributed by atoms with Gasteiger partial charge < -0.3 is 19.8 Å². The first-order valence-electron chi connectivity index (χ1n) is 11.0. The Morgan fingerprint density at radius 2 is 1.82 bits per heavy atom. The van der Waals surface area contributed by atoms with Gasteiger partial charge in [-0.15, -0.1) is 4.99 Å². The molecule has 0 atom stereocenters. The highest BCUT2D eigenvalue weighted by Gasteiger charge is 2.34. The number of hydrogen-bond acceptors (Lipinski definition) is 8. The third kappa shape index (κ3) is 3.92. The molecule has 5 aromatic rings. The molecule has 38 heavy (non-hydrogen) atoms. The predicted molar refractivity (Wildman–Crippen MR) is 132 cm³/mol. The van der Waals surface area contributed by atoms with Crippen LogP contribution in [0.4, 0.5) is 19.0 Å². The molecule has 0 amide bonds. The van der Waals surface area contributed by atoms with Gasteiger partial charge in [-0.2, -0.15) is 23.4 Å². The fraction of sp³-hybridized carbons (Fsp3) is 0.160. The number of nitrogens with two attached hydrogens (primary N) is 1. The standard InChI is InChI=1S/C25H19F3N8O2/c1-35-19-11-31-17-5-4-13(14-9-16(25(26,27)28)22(30)32-10-14)8-15(17)21(19)36(24(35)33-12-29)18-6-7-20(37-2)34-23(18)38-3/h4-11H,1-3H3,(H2,30,32). The number of pyridine rings is 3. The molecular weight excluding hydrogens is 501 g/mol. The van der Waals surface area contributed by atoms with E-state index in [0.717, 1.165) is 6.07 Å². The third-order valence-corrected chi connectivity index (χ3v) is 6.07. The monoisotopic (exact) mass is 520 g/mol. The number of hydrogen-bond donors (Lipinski definition) is 1. The minimum atomic E-state index is -4.66. The number of alkyl halides is 3. The van der Waals surface area contributed by atoms with Crippen LogP contribution < -0.4 is 20.8 Å². The van der Waals surface area contributed by atoms with Gasteiger partial charge in [-0.3, -0.25) is 9.55 Å². The van der Waals surface area contributed by atoms with Crippen molar-refractivity contribution in [3.63, 3.8) is 0 Å². The van der Waals surface area contributed by atoms with Crippen LogP contribution in [-0.4, -0.2) is 38.3 Å². The van der Waals surface area contributed by atoms with Crippen molar-refractivity contribution >= 4 is 27.8 Å². The molecular formula is C25H19F3N8O2. The molecule has 1 aromatic carbocycles. The number of methoxy groups -OCH3 is 2. The number of fused-ring (bicyclic) bond motifs is 3. The van der Waals surface area contributed by atoms with E-state index >= 15 is 0 Å². The van der Waals surface area contributed by atoms with E-state index in [0.29, 0.717) is 39.1 Å². The highest BCUT2D eigenvalue weighted by molar-refractivity contribution is 6.04. The number of halogens is 3. The summed E-state index contributed by atoms with van der Waals surface area (Å²) >= 11 is 0. The van der Waals surface area contributed by atoms with Gasteiger partial charge in [0.15, 0.2) is 0 Å². The second kappa shape index (κ2) is 9.07. The van der Waals surface area contributed by atoms with Crippen molar-refractivity contribution in [1.29, 1.82) is 5.26 Å². The van der Waals surface area contributed by atoms with Gasteiger partial charge >= 0.3 is 6.18 Å². The quantitative estimate of drug-likeness (QED) is 0.355. The van der Waals surface area contributed by atoms with E-state index in [9.17, 15) is 18.4 Å². The van der Waals surface area contributed by atoms with Gasteiger partial charge in [0.05, 0.1) is 42.5 Å². The number of aromatic nitrogens is 5. The fourth-order valence-electron chi connectivity index (χ4n) is 4.29. The zero-order valence-corrected chi connectivity index (χ0v) is 20.3. The maximum atomic E-state index is 13.5. The number of benzene rings is 1. The number of nitrogens with zero attached hydrogens (tertiary/aromatic N) is 7. The van der Waals surface area contributed by atoms with E-state index in [1.807, 2.05) is 6.19 Å². The van der Waals surface area contributed by atoms with Crippen molar-refractivity contribution in [2.24, 2.45) is 12.0 Å². The average Bonchev–Trinajstić information content (AvgIpc) is 3.19. The maximum absolute atomic E-state index is 13.5. The molecule has 0 aliphatic carbocycles. The van der Waals surface area contributed by atoms with Crippen LogP contribution >= 0.6 is 0 Å². The molecule has 0 radical (unpaired) electrons. The van der Waals surface area contributed by atoms with Gasteiger partial charge in [0.25, 0.3) is 0 Å². The molecule has 13 heteroatoms. The average molecular weight is 520 g/mol. The Morgan fingerprint density at radius 1 is 1.03 bits per heavy atom. The Kier molecular flexibility index (Phi) is 5.87. The third-order valence-electron chi connectivity index (χ3n) is 6.07. The van der Waals surface area contributed by atoms with Crippen LogP contribution in [0.25, 0.3) is 38.8 Å². The SMILES string of the molecule is COc1ccc(-n2c(=NC#N)n(C)c3cnc4ccc(-c5cnc(N)c(C(F)(F)F)c5)cc4c32)c(OC)n1. The molecule has 192 valence electrons. The summed E-state index contributed by atoms with van der Waals surface area (Å²) < 4.78 is 54.5. The van der Waals surface area contributed by atoms with E-state index in [-0.39, 0.29) is 17.1 Å². The summed E-state index contributed by atoms with van der Waals surface area (Å²) in [6.07, 6.45) is 0.0655. The molecule has 2 N–H and O–H groups in total. The van der Waals surface area contributed by atoms with Gasteiger partial charge in [-0.1, -0.05) is 6.07 Å². The van der Waals surface area contributed by atoms with Crippen LogP contribution in [0.3, 0.4) is 0 Å². The molecule has 5 rings (SSSR count). The van der Waals surface area contributed by atoms with Crippen LogP contribution in [0.5, 0.6) is 11.8 Å². The summed E-state index contributed by atoms with van der Waals surface area (Å²) in [5.74, 6) is -0.0842. The van der Waals surface area contributed by atoms with Crippen LogP contribution in [0.15, 0.2) is 53.8 Å². The Morgan fingerprint density at radius 3 is 2.50 bits per heavy atom. The topological polar surface area (TPSA) is 129 Å². The highest BCUT2D eigenvalue weighted by Crippen LogP contribution is 2.36. The van der Waals surface area contributed by atoms with Crippen molar-refractivity contribution in [3.8, 4) is 34.8 Å². The molecule has 0 bridgehead atoms. The summed E-state index contributed by atoms with van der Waals surface area (Å²) in [5.41, 5.74) is 7.60. The number of rotatable bonds is 4. The smallest absolute Gasteiger partial charge is 0.419 e. The Balaban J connectivity index is 1.88. The Labute approximate surface area is 213 Å². The number of nitriles is 1. The normalized spacial score (nSPS) is 12.2. The van der Waals surface area contributed by atoms with E-state index in [2.05, 4.69) is 19.9 Å². The van der Waals surface area contributed by atoms with Gasteiger partial charge in [-0.05, 0) is 29.8 Å². The van der Waals surface area contributed by atoms with Gasteiger partial charge in [0.1, 0.15) is 11.5 Å². The lowest BCUT2D eigenvalue weighted by Gasteiger charge is -2.13. The summed E-state index contributed by atoms with van der Waals surface area (Å²) in [6.45, 7) is 0. The minimum Gasteiger partial charge on any atom is -0.481 e. The summed E-state index contributed by atoms with van der Waals surface area (Å²) in [6, 6.07) is 9.34. The molecule has 0 unspecified atom stereocenters. The number of aryl methyl sites for hydroxylation is 1. The molecule has 10 nitrogen and oxygen atoms in total. The van der Waals surface area contributed by atoms with Crippen molar-refractivity contribution in [3.05, 3.63) is 60.0 Å². The minimum absolute atomic E-state index is 0.204. The second-order valence-electron chi connectivity index (χ2n) is 8.17. The Hall–Kier alpha value is -5.12. The molecule has 0 saturated heterocycles. The number of anilines is 1. The van der Waals surface area contributed by atoms with Crippen molar-refractivity contribution in [1.82, 2.24) is 24.1 Å². The maximum Gasteiger partial charge on any atom is 0.419 e. The fourth-order valence-corrected chi connectivity index (χ4v) is 4.29. The summed E-state index contributed by atoms with van der Waals surface area (Å²) in [7, 11) is 4.64. The van der Waals surface area contributed by atoms with Gasteiger partial charge in [-0.25, -0.2) is 4.98 Å². The summed E-state index contributed by atoms with van der Waals surface area (Å²) in [5, 5.41) is 10.0. The number of imidazole rings is 1. The lowest BCUT2D eigenvalue weighted by Crippen LogP contribution is -2.23. The molecule has 4 aromatic heterocycles. The molecule has 0 aliphatic rings. The molecule has 0 saturated carbocycles. The highest BCUT2D eigenvalue weighted by atomic mass is 19.4. The van der Waals surface area contributed by atoms with Crippen molar-refractivity contribution < 1.29 is 22.6 Å². The molecule has 0 fully saturated rings. The molecule has 0 aliphatic heterocycles. The number of nitrogen functional groups attached to an aromatic ring is 1. The van der Waals surface area contributed by atoms with Crippen molar-refractivity contribution in [2.45, 2.75) is 6.18 Å². The number of ether oxygens (including phenoxy) is 2. The van der Waals surface area contributed by atoms with Crippen LogP contribution in [0.2, 0.25) is 0 Å². The van der Waals surface area contributed by atoms with Crippen LogP contribution in [-0.2, 0) is 13.2 Å². The first-order chi connectivity index (χ1) is 18.2. The first kappa shape index (κ1) is 24.6. The molecule has 0 spiro atoms. The van der Waals surface area contributed by atoms with Gasteiger partial charge in [0, 0.05) is 30.3 Å². The predicted octanol–water partition coefficient (Wildman–Crippen LogP) is 3.97. The van der Waals surface area contributed by atoms with Crippen LogP contribution in [0.1, 0.15) is 5.56 Å². The van der Waals surface area contributed by atoms with E-state index in [4.69, 9.17) is 15.2 Å². The van der Waals surface area contributed by atoms with E-state index < -0.39 is 17.6 Å². The van der Waals surface area contributed by atoms with E-state index in [1.165, 1.54) is 20.4 Å². The lowest BCUT2D eigenvalue weighted by atomic mass is 10.0. The lowest BCUT2D eigenvalue weighted by molar-refractivity contribution is -0.137. The van der Waals surface area contributed by atoms with Gasteiger partial charge in [0.2, 0.25) is 23.6 Å². The largest absolute Gasteiger partial charge is 0.481 e.